The normalized spacial score (nSPS) is 21.1. The van der Waals surface area contributed by atoms with E-state index in [4.69, 9.17) is 16.3 Å². The summed E-state index contributed by atoms with van der Waals surface area (Å²) < 4.78 is 21.4. The van der Waals surface area contributed by atoms with Gasteiger partial charge in [-0.15, -0.1) is 0 Å². The molecule has 5 rings (SSSR count). The second kappa shape index (κ2) is 12.7. The maximum absolute atomic E-state index is 14.1. The van der Waals surface area contributed by atoms with Crippen LogP contribution >= 0.6 is 11.6 Å². The number of nitrogens with zero attached hydrogens (tertiary/aromatic N) is 3. The van der Waals surface area contributed by atoms with Gasteiger partial charge in [0, 0.05) is 48.7 Å². The first-order valence-corrected chi connectivity index (χ1v) is 14.0. The predicted molar refractivity (Wildman–Crippen MR) is 149 cm³/mol. The van der Waals surface area contributed by atoms with Crippen molar-refractivity contribution in [2.45, 2.75) is 50.2 Å². The molecular weight excluding hydrogens is 537 g/mol. The van der Waals surface area contributed by atoms with E-state index in [9.17, 15) is 19.1 Å². The molecule has 1 aromatic heterocycles. The number of rotatable bonds is 8. The summed E-state index contributed by atoms with van der Waals surface area (Å²) in [6.45, 7) is 2.02. The Kier molecular flexibility index (Phi) is 8.86. The van der Waals surface area contributed by atoms with Crippen molar-refractivity contribution in [1.29, 1.82) is 0 Å². The highest BCUT2D eigenvalue weighted by molar-refractivity contribution is 6.30. The Labute approximate surface area is 237 Å². The largest absolute Gasteiger partial charge is 0.493 e. The van der Waals surface area contributed by atoms with Crippen molar-refractivity contribution in [2.24, 2.45) is 0 Å². The summed E-state index contributed by atoms with van der Waals surface area (Å²) in [7, 11) is 0. The van der Waals surface area contributed by atoms with Gasteiger partial charge in [-0.25, -0.2) is 14.2 Å². The minimum atomic E-state index is -1.05. The molecular formula is C29H33ClFN5O4. The van der Waals surface area contributed by atoms with Crippen LogP contribution in [0.5, 0.6) is 5.75 Å². The van der Waals surface area contributed by atoms with Crippen LogP contribution in [0, 0.1) is 5.82 Å². The summed E-state index contributed by atoms with van der Waals surface area (Å²) in [6.07, 6.45) is 4.57. The summed E-state index contributed by atoms with van der Waals surface area (Å²) in [5.41, 5.74) is 1.88. The molecule has 1 saturated heterocycles. The van der Waals surface area contributed by atoms with E-state index in [0.717, 1.165) is 31.2 Å². The fourth-order valence-corrected chi connectivity index (χ4v) is 5.98. The summed E-state index contributed by atoms with van der Waals surface area (Å²) in [4.78, 5) is 32.1. The van der Waals surface area contributed by atoms with E-state index in [-0.39, 0.29) is 35.7 Å². The fraction of sp³-hybridized carbons (Fsp3) is 0.414. The Morgan fingerprint density at radius 2 is 1.98 bits per heavy atom. The molecule has 1 aliphatic carbocycles. The quantitative estimate of drug-likeness (QED) is 0.353. The summed E-state index contributed by atoms with van der Waals surface area (Å²) in [5.74, 6) is -0.313. The number of piperazine rings is 1. The first kappa shape index (κ1) is 27.9. The van der Waals surface area contributed by atoms with Gasteiger partial charge in [-0.2, -0.15) is 0 Å². The van der Waals surface area contributed by atoms with Gasteiger partial charge in [-0.1, -0.05) is 54.8 Å². The lowest BCUT2D eigenvalue weighted by Crippen LogP contribution is -2.54. The van der Waals surface area contributed by atoms with Gasteiger partial charge in [0.2, 0.25) is 0 Å². The summed E-state index contributed by atoms with van der Waals surface area (Å²) >= 11 is 5.94. The SMILES string of the molecule is O=C(O)N[C@H]1CCCC[C@@H]1n1cnc(C(=O)N2CCNC[C@H]2CCOc2cc(F)cc(Cl)c2)c1-c1ccccc1. The third kappa shape index (κ3) is 6.39. The number of aromatic nitrogens is 2. The lowest BCUT2D eigenvalue weighted by molar-refractivity contribution is 0.0601. The number of hydrogen-bond acceptors (Lipinski definition) is 5. The van der Waals surface area contributed by atoms with Gasteiger partial charge < -0.3 is 29.9 Å². The van der Waals surface area contributed by atoms with E-state index in [1.54, 1.807) is 12.4 Å². The number of amides is 2. The molecule has 2 aliphatic rings. The van der Waals surface area contributed by atoms with E-state index in [1.165, 1.54) is 12.1 Å². The van der Waals surface area contributed by atoms with Crippen LogP contribution in [0.2, 0.25) is 5.02 Å². The molecule has 11 heteroatoms. The molecule has 2 fully saturated rings. The molecule has 1 aliphatic heterocycles. The molecule has 2 heterocycles. The van der Waals surface area contributed by atoms with Crippen molar-refractivity contribution < 1.29 is 23.8 Å². The third-order valence-electron chi connectivity index (χ3n) is 7.61. The Hall–Kier alpha value is -3.63. The molecule has 0 bridgehead atoms. The number of carboxylic acid groups (broad SMARTS) is 1. The van der Waals surface area contributed by atoms with Gasteiger partial charge in [0.05, 0.1) is 30.7 Å². The van der Waals surface area contributed by atoms with Crippen molar-refractivity contribution >= 4 is 23.6 Å². The van der Waals surface area contributed by atoms with Crippen LogP contribution in [-0.2, 0) is 0 Å². The predicted octanol–water partition coefficient (Wildman–Crippen LogP) is 4.98. The highest BCUT2D eigenvalue weighted by atomic mass is 35.5. The standard InChI is InChI=1S/C29H33ClFN5O4/c30-20-14-21(31)16-23(15-20)40-13-10-22-17-32-11-12-35(22)28(37)26-27(19-6-2-1-3-7-19)36(18-33-26)25-9-5-4-8-24(25)34-29(38)39/h1-3,6-7,14-16,18,22,24-25,32,34H,4-5,8-13,17H2,(H,38,39)/t22-,24+,25+/m1/s1. The van der Waals surface area contributed by atoms with Crippen LogP contribution in [0.4, 0.5) is 9.18 Å². The van der Waals surface area contributed by atoms with Crippen molar-refractivity contribution in [2.75, 3.05) is 26.2 Å². The third-order valence-corrected chi connectivity index (χ3v) is 7.82. The van der Waals surface area contributed by atoms with Crippen LogP contribution in [0.15, 0.2) is 54.9 Å². The van der Waals surface area contributed by atoms with E-state index in [2.05, 4.69) is 15.6 Å². The maximum Gasteiger partial charge on any atom is 0.404 e. The number of benzene rings is 2. The van der Waals surface area contributed by atoms with Gasteiger partial charge in [-0.3, -0.25) is 4.79 Å². The maximum atomic E-state index is 14.1. The monoisotopic (exact) mass is 569 g/mol. The average molecular weight is 570 g/mol. The Bertz CT molecular complexity index is 1320. The first-order chi connectivity index (χ1) is 19.4. The molecule has 0 unspecified atom stereocenters. The second-order valence-electron chi connectivity index (χ2n) is 10.2. The van der Waals surface area contributed by atoms with E-state index in [1.807, 2.05) is 39.8 Å². The van der Waals surface area contributed by atoms with E-state index < -0.39 is 11.9 Å². The minimum Gasteiger partial charge on any atom is -0.493 e. The molecule has 0 radical (unpaired) electrons. The molecule has 212 valence electrons. The fourth-order valence-electron chi connectivity index (χ4n) is 5.77. The van der Waals surface area contributed by atoms with Crippen molar-refractivity contribution in [1.82, 2.24) is 25.1 Å². The highest BCUT2D eigenvalue weighted by Gasteiger charge is 2.35. The number of halogens is 2. The topological polar surface area (TPSA) is 109 Å². The zero-order valence-corrected chi connectivity index (χ0v) is 22.8. The Morgan fingerprint density at radius 1 is 1.18 bits per heavy atom. The number of carbonyl (C=O) groups excluding carboxylic acids is 1. The Morgan fingerprint density at radius 3 is 2.75 bits per heavy atom. The molecule has 2 amide bonds. The van der Waals surface area contributed by atoms with Crippen molar-refractivity contribution in [3.8, 4) is 17.0 Å². The molecule has 3 atom stereocenters. The van der Waals surface area contributed by atoms with Gasteiger partial charge in [-0.05, 0) is 25.0 Å². The molecule has 3 aromatic rings. The second-order valence-corrected chi connectivity index (χ2v) is 10.7. The van der Waals surface area contributed by atoms with Crippen LogP contribution in [0.1, 0.15) is 48.6 Å². The number of imidazole rings is 1. The zero-order valence-electron chi connectivity index (χ0n) is 22.1. The molecule has 9 nitrogen and oxygen atoms in total. The molecule has 1 saturated carbocycles. The van der Waals surface area contributed by atoms with E-state index in [0.29, 0.717) is 43.2 Å². The number of nitrogens with one attached hydrogen (secondary N) is 2. The average Bonchev–Trinajstić information content (AvgIpc) is 3.38. The molecule has 40 heavy (non-hydrogen) atoms. The van der Waals surface area contributed by atoms with Crippen LogP contribution in [0.25, 0.3) is 11.3 Å². The lowest BCUT2D eigenvalue weighted by Gasteiger charge is -2.36. The van der Waals surface area contributed by atoms with Crippen molar-refractivity contribution in [3.63, 3.8) is 0 Å². The summed E-state index contributed by atoms with van der Waals surface area (Å²) in [5, 5.41) is 15.7. The van der Waals surface area contributed by atoms with E-state index >= 15 is 0 Å². The van der Waals surface area contributed by atoms with Crippen LogP contribution < -0.4 is 15.4 Å². The van der Waals surface area contributed by atoms with Crippen LogP contribution in [0.3, 0.4) is 0 Å². The first-order valence-electron chi connectivity index (χ1n) is 13.6. The van der Waals surface area contributed by atoms with Gasteiger partial charge >= 0.3 is 6.09 Å². The number of hydrogen-bond donors (Lipinski definition) is 3. The molecule has 2 aromatic carbocycles. The zero-order chi connectivity index (χ0) is 28.1. The van der Waals surface area contributed by atoms with Crippen LogP contribution in [-0.4, -0.2) is 69.9 Å². The highest BCUT2D eigenvalue weighted by Crippen LogP contribution is 2.35. The van der Waals surface area contributed by atoms with Crippen molar-refractivity contribution in [3.05, 3.63) is 71.4 Å². The lowest BCUT2D eigenvalue weighted by atomic mass is 9.89. The Balaban J connectivity index is 1.40. The van der Waals surface area contributed by atoms with Gasteiger partial charge in [0.15, 0.2) is 5.69 Å². The number of ether oxygens (including phenoxy) is 1. The minimum absolute atomic E-state index is 0.153. The molecule has 0 spiro atoms. The number of carbonyl (C=O) groups is 2. The molecule has 3 N–H and O–H groups in total. The van der Waals surface area contributed by atoms with Gasteiger partial charge in [0.25, 0.3) is 5.91 Å². The van der Waals surface area contributed by atoms with Gasteiger partial charge in [0.1, 0.15) is 11.6 Å². The smallest absolute Gasteiger partial charge is 0.404 e. The summed E-state index contributed by atoms with van der Waals surface area (Å²) in [6, 6.07) is 13.1.